The molecule has 5 heteroatoms. The predicted molar refractivity (Wildman–Crippen MR) is 62.6 cm³/mol. The molecule has 17 heavy (non-hydrogen) atoms. The van der Waals surface area contributed by atoms with Gasteiger partial charge < -0.3 is 11.1 Å². The molecule has 0 fully saturated rings. The van der Waals surface area contributed by atoms with Crippen molar-refractivity contribution in [3.05, 3.63) is 41.1 Å². The standard InChI is InChI=1S/C12H15N2O2.Y/c1-9(15)10-4-2-5-11(8-10)12(16)14-7-3-6-13;/h2,4-5,8,13H,3,6-7H2,1H3,(H,14,16);/q-1;. The van der Waals surface area contributed by atoms with Crippen LogP contribution in [0.2, 0.25) is 0 Å². The van der Waals surface area contributed by atoms with Crippen LogP contribution in [0, 0.1) is 0 Å². The molecule has 1 aromatic carbocycles. The second-order valence-electron chi connectivity index (χ2n) is 3.50. The van der Waals surface area contributed by atoms with Crippen molar-refractivity contribution in [1.82, 2.24) is 5.32 Å². The molecular formula is C12H15N2O2Y-. The number of nitrogens with one attached hydrogen (secondary N) is 2. The maximum Gasteiger partial charge on any atom is 0.251 e. The van der Waals surface area contributed by atoms with Crippen molar-refractivity contribution in [3.63, 3.8) is 0 Å². The largest absolute Gasteiger partial charge is 0.677 e. The van der Waals surface area contributed by atoms with Crippen LogP contribution >= 0.6 is 0 Å². The molecule has 1 rings (SSSR count). The molecule has 0 saturated heterocycles. The average molecular weight is 308 g/mol. The normalized spacial score (nSPS) is 9.29. The van der Waals surface area contributed by atoms with Crippen LogP contribution in [0.25, 0.3) is 5.73 Å². The second-order valence-corrected chi connectivity index (χ2v) is 3.50. The number of carbonyl (C=O) groups is 2. The molecule has 0 atom stereocenters. The smallest absolute Gasteiger partial charge is 0.251 e. The van der Waals surface area contributed by atoms with E-state index in [0.717, 1.165) is 0 Å². The van der Waals surface area contributed by atoms with Gasteiger partial charge in [-0.1, -0.05) is 18.6 Å². The molecule has 1 aromatic rings. The van der Waals surface area contributed by atoms with Gasteiger partial charge in [0.2, 0.25) is 0 Å². The minimum Gasteiger partial charge on any atom is -0.677 e. The molecule has 0 aliphatic heterocycles. The van der Waals surface area contributed by atoms with Gasteiger partial charge in [0.05, 0.1) is 0 Å². The quantitative estimate of drug-likeness (QED) is 0.668. The summed E-state index contributed by atoms with van der Waals surface area (Å²) < 4.78 is 0. The Morgan fingerprint density at radius 1 is 1.29 bits per heavy atom. The van der Waals surface area contributed by atoms with Crippen LogP contribution < -0.4 is 5.32 Å². The van der Waals surface area contributed by atoms with Gasteiger partial charge in [-0.15, -0.1) is 6.54 Å². The molecule has 2 N–H and O–H groups in total. The van der Waals surface area contributed by atoms with Crippen molar-refractivity contribution in [3.8, 4) is 0 Å². The van der Waals surface area contributed by atoms with Crippen LogP contribution in [0.4, 0.5) is 0 Å². The van der Waals surface area contributed by atoms with Gasteiger partial charge in [-0.05, 0) is 19.1 Å². The molecule has 0 aliphatic carbocycles. The SMILES string of the molecule is CC(=O)c1cccc(C(=O)NCCC[NH-])c1.[Y]. The summed E-state index contributed by atoms with van der Waals surface area (Å²) in [5.74, 6) is -0.252. The van der Waals surface area contributed by atoms with E-state index in [-0.39, 0.29) is 44.4 Å². The van der Waals surface area contributed by atoms with Crippen LogP contribution in [0.1, 0.15) is 34.1 Å². The topological polar surface area (TPSA) is 70.0 Å². The van der Waals surface area contributed by atoms with Gasteiger partial charge in [0.15, 0.2) is 5.78 Å². The van der Waals surface area contributed by atoms with Gasteiger partial charge >= 0.3 is 0 Å². The molecule has 0 heterocycles. The molecule has 0 aliphatic rings. The summed E-state index contributed by atoms with van der Waals surface area (Å²) in [7, 11) is 0. The molecule has 0 bridgehead atoms. The molecule has 0 saturated carbocycles. The molecule has 0 spiro atoms. The predicted octanol–water partition coefficient (Wildman–Crippen LogP) is 2.06. The van der Waals surface area contributed by atoms with Gasteiger partial charge in [-0.2, -0.15) is 0 Å². The Balaban J connectivity index is 0.00000256. The maximum absolute atomic E-state index is 11.6. The van der Waals surface area contributed by atoms with E-state index in [9.17, 15) is 9.59 Å². The van der Waals surface area contributed by atoms with Gasteiger partial charge in [0.25, 0.3) is 5.91 Å². The third-order valence-corrected chi connectivity index (χ3v) is 2.17. The Morgan fingerprint density at radius 3 is 2.53 bits per heavy atom. The van der Waals surface area contributed by atoms with E-state index < -0.39 is 0 Å². The van der Waals surface area contributed by atoms with E-state index in [0.29, 0.717) is 30.6 Å². The number of ketones is 1. The molecular weight excluding hydrogens is 293 g/mol. The number of hydrogen-bond donors (Lipinski definition) is 1. The zero-order valence-electron chi connectivity index (χ0n) is 9.82. The van der Waals surface area contributed by atoms with Crippen LogP contribution in [-0.4, -0.2) is 24.8 Å². The molecule has 0 aromatic heterocycles. The van der Waals surface area contributed by atoms with Crippen molar-refractivity contribution >= 4 is 11.7 Å². The first-order valence-electron chi connectivity index (χ1n) is 5.19. The zero-order valence-corrected chi connectivity index (χ0v) is 12.7. The molecule has 1 amide bonds. The van der Waals surface area contributed by atoms with E-state index in [4.69, 9.17) is 5.73 Å². The second kappa shape index (κ2) is 8.51. The summed E-state index contributed by atoms with van der Waals surface area (Å²) in [4.78, 5) is 22.7. The first-order valence-corrected chi connectivity index (χ1v) is 5.19. The van der Waals surface area contributed by atoms with Crippen molar-refractivity contribution < 1.29 is 42.3 Å². The summed E-state index contributed by atoms with van der Waals surface area (Å²) in [6.07, 6.45) is 0.637. The van der Waals surface area contributed by atoms with Crippen LogP contribution in [0.15, 0.2) is 24.3 Å². The third kappa shape index (κ3) is 5.53. The van der Waals surface area contributed by atoms with E-state index in [1.165, 1.54) is 6.92 Å². The summed E-state index contributed by atoms with van der Waals surface area (Å²) in [6.45, 7) is 2.26. The minimum atomic E-state index is -0.198. The van der Waals surface area contributed by atoms with Gasteiger partial charge in [-0.25, -0.2) is 0 Å². The number of carbonyl (C=O) groups excluding carboxylic acids is 2. The fraction of sp³-hybridized carbons (Fsp3) is 0.333. The van der Waals surface area contributed by atoms with E-state index in [2.05, 4.69) is 5.32 Å². The number of amides is 1. The van der Waals surface area contributed by atoms with Gasteiger partial charge in [-0.3, -0.25) is 9.59 Å². The van der Waals surface area contributed by atoms with Crippen molar-refractivity contribution in [1.29, 1.82) is 0 Å². The van der Waals surface area contributed by atoms with Crippen LogP contribution in [0.5, 0.6) is 0 Å². The van der Waals surface area contributed by atoms with Crippen LogP contribution in [-0.2, 0) is 32.7 Å². The van der Waals surface area contributed by atoms with E-state index >= 15 is 0 Å². The Hall–Kier alpha value is -0.576. The fourth-order valence-corrected chi connectivity index (χ4v) is 1.27. The van der Waals surface area contributed by atoms with E-state index in [1.807, 2.05) is 0 Å². The molecule has 0 unspecified atom stereocenters. The number of hydrogen-bond acceptors (Lipinski definition) is 2. The minimum absolute atomic E-state index is 0. The fourth-order valence-electron chi connectivity index (χ4n) is 1.27. The number of rotatable bonds is 5. The Labute approximate surface area is 126 Å². The van der Waals surface area contributed by atoms with E-state index in [1.54, 1.807) is 24.3 Å². The summed E-state index contributed by atoms with van der Waals surface area (Å²) in [5.41, 5.74) is 7.97. The number of Topliss-reactive ketones (excluding diaryl/α,β-unsaturated/α-hetero) is 1. The van der Waals surface area contributed by atoms with Crippen molar-refractivity contribution in [2.75, 3.05) is 13.1 Å². The summed E-state index contributed by atoms with van der Waals surface area (Å²) in [6, 6.07) is 6.62. The third-order valence-electron chi connectivity index (χ3n) is 2.17. The molecule has 89 valence electrons. The zero-order chi connectivity index (χ0) is 12.0. The molecule has 1 radical (unpaired) electrons. The Morgan fingerprint density at radius 2 is 1.94 bits per heavy atom. The summed E-state index contributed by atoms with van der Waals surface area (Å²) >= 11 is 0. The first kappa shape index (κ1) is 16.4. The Kier molecular flexibility index (Phi) is 8.22. The summed E-state index contributed by atoms with van der Waals surface area (Å²) in [5, 5.41) is 2.70. The van der Waals surface area contributed by atoms with Crippen LogP contribution in [0.3, 0.4) is 0 Å². The molecule has 4 nitrogen and oxygen atoms in total. The van der Waals surface area contributed by atoms with Crippen molar-refractivity contribution in [2.24, 2.45) is 0 Å². The van der Waals surface area contributed by atoms with Crippen molar-refractivity contribution in [2.45, 2.75) is 13.3 Å². The maximum atomic E-state index is 11.6. The van der Waals surface area contributed by atoms with Gasteiger partial charge in [0.1, 0.15) is 0 Å². The Bertz CT molecular complexity index is 394. The van der Waals surface area contributed by atoms with Gasteiger partial charge in [0, 0.05) is 50.4 Å². The average Bonchev–Trinajstić information content (AvgIpc) is 2.29. The first-order chi connectivity index (χ1) is 7.65. The monoisotopic (exact) mass is 308 g/mol. The number of benzene rings is 1.